The Morgan fingerprint density at radius 1 is 1.17 bits per heavy atom. The summed E-state index contributed by atoms with van der Waals surface area (Å²) in [5, 5.41) is 3.02. The molecule has 0 radical (unpaired) electrons. The minimum absolute atomic E-state index is 0.160. The zero-order chi connectivity index (χ0) is 18.2. The highest BCUT2D eigenvalue weighted by Crippen LogP contribution is 2.22. The minimum Gasteiger partial charge on any atom is -0.457 e. The Hall–Kier alpha value is -1.92. The third kappa shape index (κ3) is 5.94. The highest BCUT2D eigenvalue weighted by atomic mass is 19.1. The molecule has 0 heterocycles. The van der Waals surface area contributed by atoms with Gasteiger partial charge in [0.05, 0.1) is 5.70 Å². The number of carbonyl (C=O) groups excluding carboxylic acids is 1. The maximum absolute atomic E-state index is 13.6. The van der Waals surface area contributed by atoms with E-state index in [9.17, 15) is 9.18 Å². The summed E-state index contributed by atoms with van der Waals surface area (Å²) in [6, 6.07) is 9.51. The van der Waals surface area contributed by atoms with Crippen LogP contribution < -0.4 is 5.32 Å². The van der Waals surface area contributed by atoms with E-state index in [4.69, 9.17) is 14.2 Å². The van der Waals surface area contributed by atoms with Gasteiger partial charge in [-0.15, -0.1) is 0 Å². The fourth-order valence-corrected chi connectivity index (χ4v) is 2.02. The lowest BCUT2D eigenvalue weighted by molar-refractivity contribution is -0.191. The molecule has 5 nitrogen and oxygen atoms in total. The zero-order valence-electron chi connectivity index (χ0n) is 14.9. The predicted octanol–water partition coefficient (Wildman–Crippen LogP) is 2.96. The smallest absolute Gasteiger partial charge is 0.333 e. The largest absolute Gasteiger partial charge is 0.457 e. The molecule has 0 unspecified atom stereocenters. The van der Waals surface area contributed by atoms with E-state index in [0.29, 0.717) is 6.54 Å². The highest BCUT2D eigenvalue weighted by molar-refractivity contribution is 5.83. The van der Waals surface area contributed by atoms with Crippen LogP contribution in [0, 0.1) is 0 Å². The van der Waals surface area contributed by atoms with Crippen LogP contribution in [-0.4, -0.2) is 38.3 Å². The topological polar surface area (TPSA) is 56.8 Å². The van der Waals surface area contributed by atoms with Crippen LogP contribution in [-0.2, 0) is 25.5 Å². The number of hydrogen-bond donors (Lipinski definition) is 1. The van der Waals surface area contributed by atoms with Gasteiger partial charge in [0.1, 0.15) is 12.3 Å². The first-order valence-electron chi connectivity index (χ1n) is 7.65. The van der Waals surface area contributed by atoms with Crippen LogP contribution in [0.3, 0.4) is 0 Å². The van der Waals surface area contributed by atoms with Crippen LogP contribution in [0.4, 0.5) is 4.39 Å². The number of methoxy groups -OCH3 is 2. The molecule has 6 heteroatoms. The van der Waals surface area contributed by atoms with Gasteiger partial charge in [-0.25, -0.2) is 9.18 Å². The highest BCUT2D eigenvalue weighted by Gasteiger charge is 2.36. The molecule has 0 aliphatic carbocycles. The summed E-state index contributed by atoms with van der Waals surface area (Å²) in [4.78, 5) is 12.1. The van der Waals surface area contributed by atoms with Crippen molar-refractivity contribution in [1.29, 1.82) is 0 Å². The first-order chi connectivity index (χ1) is 11.3. The van der Waals surface area contributed by atoms with E-state index in [1.54, 1.807) is 20.8 Å². The van der Waals surface area contributed by atoms with E-state index < -0.39 is 24.0 Å². The third-order valence-electron chi connectivity index (χ3n) is 3.24. The lowest BCUT2D eigenvalue weighted by Gasteiger charge is -2.31. The molecule has 1 rings (SSSR count). The number of rotatable bonds is 8. The van der Waals surface area contributed by atoms with E-state index in [-0.39, 0.29) is 5.70 Å². The van der Waals surface area contributed by atoms with Crippen molar-refractivity contribution >= 4 is 5.97 Å². The molecule has 0 saturated heterocycles. The maximum atomic E-state index is 13.6. The summed E-state index contributed by atoms with van der Waals surface area (Å²) in [5.41, 5.74) is 0.469. The van der Waals surface area contributed by atoms with Crippen molar-refractivity contribution < 1.29 is 23.4 Å². The fraction of sp³-hybridized carbons (Fsp3) is 0.500. The summed E-state index contributed by atoms with van der Waals surface area (Å²) in [7, 11) is 2.63. The number of alkyl halides is 1. The van der Waals surface area contributed by atoms with E-state index in [2.05, 4.69) is 5.32 Å². The molecule has 0 amide bonds. The Bertz CT molecular complexity index is 540. The van der Waals surface area contributed by atoms with E-state index in [0.717, 1.165) is 5.56 Å². The summed E-state index contributed by atoms with van der Waals surface area (Å²) in [6.07, 6.45) is 1.17. The molecule has 24 heavy (non-hydrogen) atoms. The average molecular weight is 339 g/mol. The van der Waals surface area contributed by atoms with Gasteiger partial charge in [0.15, 0.2) is 0 Å². The zero-order valence-corrected chi connectivity index (χ0v) is 14.9. The Balaban J connectivity index is 3.04. The molecule has 0 spiro atoms. The number of benzene rings is 1. The summed E-state index contributed by atoms with van der Waals surface area (Å²) >= 11 is 0. The third-order valence-corrected chi connectivity index (χ3v) is 3.24. The molecule has 1 N–H and O–H groups in total. The first-order valence-corrected chi connectivity index (χ1v) is 7.65. The minimum atomic E-state index is -1.69. The van der Waals surface area contributed by atoms with Gasteiger partial charge in [0, 0.05) is 26.8 Å². The van der Waals surface area contributed by atoms with Gasteiger partial charge in [-0.1, -0.05) is 30.3 Å². The Kier molecular flexibility index (Phi) is 7.38. The molecule has 0 aliphatic heterocycles. The van der Waals surface area contributed by atoms with E-state index in [1.165, 1.54) is 20.3 Å². The van der Waals surface area contributed by atoms with E-state index >= 15 is 0 Å². The molecule has 0 aliphatic rings. The van der Waals surface area contributed by atoms with Crippen molar-refractivity contribution in [2.24, 2.45) is 0 Å². The van der Waals surface area contributed by atoms with Crippen LogP contribution in [0.15, 0.2) is 42.1 Å². The van der Waals surface area contributed by atoms with Gasteiger partial charge >= 0.3 is 5.97 Å². The maximum Gasteiger partial charge on any atom is 0.333 e. The van der Waals surface area contributed by atoms with Gasteiger partial charge in [-0.05, 0) is 26.3 Å². The van der Waals surface area contributed by atoms with Gasteiger partial charge in [-0.3, -0.25) is 0 Å². The number of hydrogen-bond acceptors (Lipinski definition) is 5. The Morgan fingerprint density at radius 3 is 2.21 bits per heavy atom. The number of nitrogens with one attached hydrogen (secondary N) is 1. The number of carbonyl (C=O) groups is 1. The molecule has 1 aromatic carbocycles. The van der Waals surface area contributed by atoms with Crippen molar-refractivity contribution in [3.05, 3.63) is 47.7 Å². The Morgan fingerprint density at radius 2 is 1.75 bits per heavy atom. The molecule has 0 atom stereocenters. The van der Waals surface area contributed by atoms with Crippen LogP contribution in [0.1, 0.15) is 26.3 Å². The fourth-order valence-electron chi connectivity index (χ4n) is 2.02. The molecule has 0 bridgehead atoms. The Labute approximate surface area is 142 Å². The average Bonchev–Trinajstić information content (AvgIpc) is 2.53. The van der Waals surface area contributed by atoms with Crippen LogP contribution in [0.2, 0.25) is 0 Å². The molecule has 0 saturated carbocycles. The normalized spacial score (nSPS) is 12.8. The lowest BCUT2D eigenvalue weighted by Crippen LogP contribution is -2.44. The van der Waals surface area contributed by atoms with Gasteiger partial charge in [0.25, 0.3) is 0 Å². The van der Waals surface area contributed by atoms with Crippen molar-refractivity contribution in [2.45, 2.75) is 38.7 Å². The molecular formula is C18H26FNO4. The van der Waals surface area contributed by atoms with Crippen LogP contribution in [0.25, 0.3) is 0 Å². The molecular weight excluding hydrogens is 313 g/mol. The van der Waals surface area contributed by atoms with Gasteiger partial charge < -0.3 is 19.5 Å². The standard InChI is InChI=1S/C18H26FNO4/c1-17(2,3)24-16(21)11-15(18(13-19,22-4)23-5)20-12-14-9-7-6-8-10-14/h6-11,20H,12-13H2,1-5H3. The molecule has 1 aromatic rings. The molecule has 134 valence electrons. The summed E-state index contributed by atoms with van der Waals surface area (Å²) in [6.45, 7) is 4.68. The van der Waals surface area contributed by atoms with Crippen molar-refractivity contribution in [3.63, 3.8) is 0 Å². The summed E-state index contributed by atoms with van der Waals surface area (Å²) < 4.78 is 29.2. The van der Waals surface area contributed by atoms with Crippen molar-refractivity contribution in [1.82, 2.24) is 5.32 Å². The first kappa shape index (κ1) is 20.1. The second-order valence-electron chi connectivity index (χ2n) is 6.23. The lowest BCUT2D eigenvalue weighted by atomic mass is 10.1. The van der Waals surface area contributed by atoms with Gasteiger partial charge in [-0.2, -0.15) is 0 Å². The predicted molar refractivity (Wildman–Crippen MR) is 89.9 cm³/mol. The van der Waals surface area contributed by atoms with Crippen LogP contribution in [0.5, 0.6) is 0 Å². The van der Waals surface area contributed by atoms with Crippen LogP contribution >= 0.6 is 0 Å². The number of ether oxygens (including phenoxy) is 3. The van der Waals surface area contributed by atoms with Crippen molar-refractivity contribution in [3.8, 4) is 0 Å². The number of halogens is 1. The van der Waals surface area contributed by atoms with Crippen molar-refractivity contribution in [2.75, 3.05) is 20.9 Å². The second kappa shape index (κ2) is 8.80. The number of esters is 1. The SMILES string of the molecule is COC(CF)(OC)C(=CC(=O)OC(C)(C)C)NCc1ccccc1. The monoisotopic (exact) mass is 339 g/mol. The quantitative estimate of drug-likeness (QED) is 0.448. The van der Waals surface area contributed by atoms with E-state index in [1.807, 2.05) is 30.3 Å². The van der Waals surface area contributed by atoms with Gasteiger partial charge in [0.2, 0.25) is 5.79 Å². The molecule has 0 fully saturated rings. The summed E-state index contributed by atoms with van der Waals surface area (Å²) in [5.74, 6) is -2.30. The second-order valence-corrected chi connectivity index (χ2v) is 6.23. The molecule has 0 aromatic heterocycles.